The summed E-state index contributed by atoms with van der Waals surface area (Å²) in [5.41, 5.74) is -0.592. The van der Waals surface area contributed by atoms with Crippen molar-refractivity contribution in [3.8, 4) is 0 Å². The van der Waals surface area contributed by atoms with Gasteiger partial charge in [0.25, 0.3) is 5.69 Å². The van der Waals surface area contributed by atoms with E-state index in [0.717, 1.165) is 25.0 Å². The van der Waals surface area contributed by atoms with E-state index in [1.807, 2.05) is 20.8 Å². The third kappa shape index (κ3) is 5.58. The van der Waals surface area contributed by atoms with E-state index >= 15 is 0 Å². The van der Waals surface area contributed by atoms with E-state index in [0.29, 0.717) is 19.5 Å². The number of likely N-dealkylation sites (tertiary alicyclic amines) is 1. The summed E-state index contributed by atoms with van der Waals surface area (Å²) in [5.74, 6) is -0.529. The highest BCUT2D eigenvalue weighted by Crippen LogP contribution is 2.24. The zero-order valence-corrected chi connectivity index (χ0v) is 14.8. The molecule has 1 N–H and O–H groups in total. The van der Waals surface area contributed by atoms with E-state index < -0.39 is 16.3 Å². The summed E-state index contributed by atoms with van der Waals surface area (Å²) in [7, 11) is 0. The van der Waals surface area contributed by atoms with Crippen molar-refractivity contribution in [1.82, 2.24) is 4.90 Å². The lowest BCUT2D eigenvalue weighted by Gasteiger charge is -2.26. The van der Waals surface area contributed by atoms with E-state index in [2.05, 4.69) is 5.32 Å². The molecule has 1 heterocycles. The van der Waals surface area contributed by atoms with Crippen LogP contribution in [0.4, 0.5) is 20.6 Å². The Morgan fingerprint density at radius 3 is 2.72 bits per heavy atom. The quantitative estimate of drug-likeness (QED) is 0.657. The van der Waals surface area contributed by atoms with E-state index in [1.54, 1.807) is 4.90 Å². The summed E-state index contributed by atoms with van der Waals surface area (Å²) in [5, 5.41) is 13.9. The second-order valence-corrected chi connectivity index (χ2v) is 7.16. The SMILES string of the molecule is CC(C)(C)OC(=O)N1CCCC(Nc2cc([N+](=O)[O-])ccc2F)CC1. The Bertz CT molecular complexity index is 645. The van der Waals surface area contributed by atoms with Gasteiger partial charge in [0.05, 0.1) is 10.6 Å². The van der Waals surface area contributed by atoms with Crippen LogP contribution < -0.4 is 5.32 Å². The summed E-state index contributed by atoms with van der Waals surface area (Å²) in [4.78, 5) is 24.1. The molecule has 0 radical (unpaired) electrons. The molecule has 138 valence electrons. The predicted molar refractivity (Wildman–Crippen MR) is 92.1 cm³/mol. The van der Waals surface area contributed by atoms with Crippen molar-refractivity contribution in [3.05, 3.63) is 34.1 Å². The molecule has 8 heteroatoms. The number of nitrogens with one attached hydrogen (secondary N) is 1. The molecule has 0 bridgehead atoms. The van der Waals surface area contributed by atoms with Crippen LogP contribution >= 0.6 is 0 Å². The Morgan fingerprint density at radius 1 is 1.36 bits per heavy atom. The number of hydrogen-bond acceptors (Lipinski definition) is 5. The Balaban J connectivity index is 1.99. The summed E-state index contributed by atoms with van der Waals surface area (Å²) in [6.45, 7) is 6.52. The van der Waals surface area contributed by atoms with Gasteiger partial charge >= 0.3 is 6.09 Å². The number of ether oxygens (including phenoxy) is 1. The molecule has 1 atom stereocenters. The summed E-state index contributed by atoms with van der Waals surface area (Å²) in [6.07, 6.45) is 1.74. The minimum absolute atomic E-state index is 0.0658. The maximum Gasteiger partial charge on any atom is 0.410 e. The minimum Gasteiger partial charge on any atom is -0.444 e. The third-order valence-electron chi connectivity index (χ3n) is 3.90. The van der Waals surface area contributed by atoms with E-state index in [9.17, 15) is 19.3 Å². The van der Waals surface area contributed by atoms with Crippen LogP contribution in [0.3, 0.4) is 0 Å². The van der Waals surface area contributed by atoms with Crippen LogP contribution in [0, 0.1) is 15.9 Å². The molecule has 0 spiro atoms. The fourth-order valence-corrected chi connectivity index (χ4v) is 2.71. The molecule has 1 amide bonds. The lowest BCUT2D eigenvalue weighted by atomic mass is 10.1. The van der Waals surface area contributed by atoms with Crippen LogP contribution in [0.1, 0.15) is 40.0 Å². The van der Waals surface area contributed by atoms with E-state index in [4.69, 9.17) is 4.74 Å². The van der Waals surface area contributed by atoms with Crippen LogP contribution in [0.25, 0.3) is 0 Å². The standard InChI is InChI=1S/C17H24FN3O4/c1-17(2,3)25-16(22)20-9-4-5-12(8-10-20)19-15-11-13(21(23)24)6-7-14(15)18/h6-7,11-12,19H,4-5,8-10H2,1-3H3. The van der Waals surface area contributed by atoms with Crippen molar-refractivity contribution < 1.29 is 18.8 Å². The molecule has 7 nitrogen and oxygen atoms in total. The molecule has 0 saturated carbocycles. The summed E-state index contributed by atoms with van der Waals surface area (Å²) >= 11 is 0. The Kier molecular flexibility index (Phi) is 5.81. The van der Waals surface area contributed by atoms with Gasteiger partial charge in [-0.25, -0.2) is 9.18 Å². The number of rotatable bonds is 3. The Morgan fingerprint density at radius 2 is 2.08 bits per heavy atom. The number of halogens is 1. The molecule has 1 fully saturated rings. The van der Waals surface area contributed by atoms with Crippen LogP contribution in [0.5, 0.6) is 0 Å². The van der Waals surface area contributed by atoms with Gasteiger partial charge < -0.3 is 15.0 Å². The van der Waals surface area contributed by atoms with Gasteiger partial charge in [0.2, 0.25) is 0 Å². The molecule has 1 unspecified atom stereocenters. The first-order valence-electron chi connectivity index (χ1n) is 8.34. The first kappa shape index (κ1) is 19.0. The molecule has 2 rings (SSSR count). The second-order valence-electron chi connectivity index (χ2n) is 7.16. The van der Waals surface area contributed by atoms with Crippen molar-refractivity contribution in [2.45, 2.75) is 51.7 Å². The van der Waals surface area contributed by atoms with Crippen LogP contribution in [0.2, 0.25) is 0 Å². The number of anilines is 1. The topological polar surface area (TPSA) is 84.7 Å². The highest BCUT2D eigenvalue weighted by Gasteiger charge is 2.25. The van der Waals surface area contributed by atoms with E-state index in [1.165, 1.54) is 6.07 Å². The van der Waals surface area contributed by atoms with Crippen LogP contribution in [-0.4, -0.2) is 40.6 Å². The van der Waals surface area contributed by atoms with Gasteiger partial charge in [0.1, 0.15) is 11.4 Å². The number of carbonyl (C=O) groups is 1. The molecule has 1 saturated heterocycles. The zero-order valence-electron chi connectivity index (χ0n) is 14.8. The highest BCUT2D eigenvalue weighted by molar-refractivity contribution is 5.68. The van der Waals surface area contributed by atoms with Gasteiger partial charge in [0.15, 0.2) is 0 Å². The fraction of sp³-hybridized carbons (Fsp3) is 0.588. The largest absolute Gasteiger partial charge is 0.444 e. The molecule has 1 aliphatic heterocycles. The van der Waals surface area contributed by atoms with Gasteiger partial charge in [-0.3, -0.25) is 10.1 Å². The number of non-ortho nitro benzene ring substituents is 1. The Hall–Kier alpha value is -2.38. The normalized spacial score (nSPS) is 18.4. The molecular formula is C17H24FN3O4. The van der Waals surface area contributed by atoms with Crippen molar-refractivity contribution >= 4 is 17.5 Å². The van der Waals surface area contributed by atoms with Crippen LogP contribution in [0.15, 0.2) is 18.2 Å². The highest BCUT2D eigenvalue weighted by atomic mass is 19.1. The number of carbonyl (C=O) groups excluding carboxylic acids is 1. The van der Waals surface area contributed by atoms with Gasteiger partial charge in [-0.1, -0.05) is 0 Å². The fourth-order valence-electron chi connectivity index (χ4n) is 2.71. The number of amides is 1. The first-order chi connectivity index (χ1) is 11.7. The molecule has 25 heavy (non-hydrogen) atoms. The molecule has 0 aromatic heterocycles. The van der Waals surface area contributed by atoms with Gasteiger partial charge in [-0.15, -0.1) is 0 Å². The predicted octanol–water partition coefficient (Wildman–Crippen LogP) is 3.94. The maximum absolute atomic E-state index is 13.9. The molecule has 1 aromatic carbocycles. The number of nitrogens with zero attached hydrogens (tertiary/aromatic N) is 2. The van der Waals surface area contributed by atoms with Gasteiger partial charge in [-0.2, -0.15) is 0 Å². The van der Waals surface area contributed by atoms with Gasteiger partial charge in [-0.05, 0) is 46.1 Å². The Labute approximate surface area is 146 Å². The number of nitro groups is 1. The summed E-state index contributed by atoms with van der Waals surface area (Å²) < 4.78 is 19.3. The number of nitro benzene ring substituents is 1. The smallest absolute Gasteiger partial charge is 0.410 e. The van der Waals surface area contributed by atoms with Crippen molar-refractivity contribution in [1.29, 1.82) is 0 Å². The summed E-state index contributed by atoms with van der Waals surface area (Å²) in [6, 6.07) is 3.36. The maximum atomic E-state index is 13.9. The second kappa shape index (κ2) is 7.67. The lowest BCUT2D eigenvalue weighted by Crippen LogP contribution is -2.37. The molecule has 1 aromatic rings. The molecule has 1 aliphatic rings. The molecule has 0 aliphatic carbocycles. The average Bonchev–Trinajstić information content (AvgIpc) is 2.73. The number of benzene rings is 1. The van der Waals surface area contributed by atoms with Crippen molar-refractivity contribution in [3.63, 3.8) is 0 Å². The van der Waals surface area contributed by atoms with Crippen molar-refractivity contribution in [2.24, 2.45) is 0 Å². The third-order valence-corrected chi connectivity index (χ3v) is 3.90. The van der Waals surface area contributed by atoms with Crippen molar-refractivity contribution in [2.75, 3.05) is 18.4 Å². The lowest BCUT2D eigenvalue weighted by molar-refractivity contribution is -0.384. The van der Waals surface area contributed by atoms with Crippen LogP contribution in [-0.2, 0) is 4.74 Å². The number of hydrogen-bond donors (Lipinski definition) is 1. The first-order valence-corrected chi connectivity index (χ1v) is 8.34. The van der Waals surface area contributed by atoms with Gasteiger partial charge in [0, 0.05) is 31.3 Å². The minimum atomic E-state index is -0.554. The average molecular weight is 353 g/mol. The molecular weight excluding hydrogens is 329 g/mol. The monoisotopic (exact) mass is 353 g/mol. The zero-order chi connectivity index (χ0) is 18.6. The van der Waals surface area contributed by atoms with E-state index in [-0.39, 0.29) is 23.5 Å².